The lowest BCUT2D eigenvalue weighted by molar-refractivity contribution is -0.137. The van der Waals surface area contributed by atoms with Crippen molar-refractivity contribution in [3.05, 3.63) is 29.3 Å². The van der Waals surface area contributed by atoms with Crippen molar-refractivity contribution in [3.8, 4) is 0 Å². The summed E-state index contributed by atoms with van der Waals surface area (Å²) in [4.78, 5) is 12.5. The van der Waals surface area contributed by atoms with Gasteiger partial charge in [0.05, 0.1) is 5.56 Å². The molecule has 1 aromatic carbocycles. The molecule has 0 unspecified atom stereocenters. The lowest BCUT2D eigenvalue weighted by Gasteiger charge is -2.35. The van der Waals surface area contributed by atoms with Gasteiger partial charge in [-0.1, -0.05) is 19.8 Å². The van der Waals surface area contributed by atoms with E-state index >= 15 is 0 Å². The zero-order valence-corrected chi connectivity index (χ0v) is 12.1. The number of halogens is 3. The van der Waals surface area contributed by atoms with E-state index in [9.17, 15) is 18.0 Å². The number of anilines is 1. The van der Waals surface area contributed by atoms with Gasteiger partial charge in [-0.15, -0.1) is 0 Å². The molecule has 21 heavy (non-hydrogen) atoms. The highest BCUT2D eigenvalue weighted by atomic mass is 19.4. The summed E-state index contributed by atoms with van der Waals surface area (Å²) in [5.74, 6) is 0.620. The van der Waals surface area contributed by atoms with Crippen LogP contribution in [0.2, 0.25) is 0 Å². The summed E-state index contributed by atoms with van der Waals surface area (Å²) in [7, 11) is 0. The van der Waals surface area contributed by atoms with Gasteiger partial charge in [-0.3, -0.25) is 4.79 Å². The topological polar surface area (TPSA) is 20.3 Å². The summed E-state index contributed by atoms with van der Waals surface area (Å²) in [6, 6.07) is 3.82. The van der Waals surface area contributed by atoms with Crippen molar-refractivity contribution < 1.29 is 18.0 Å². The third-order valence-electron chi connectivity index (χ3n) is 4.11. The fraction of sp³-hybridized carbons (Fsp3) is 0.562. The minimum Gasteiger partial charge on any atom is -0.371 e. The monoisotopic (exact) mass is 299 g/mol. The van der Waals surface area contributed by atoms with Gasteiger partial charge < -0.3 is 4.90 Å². The molecule has 116 valence electrons. The van der Waals surface area contributed by atoms with Crippen LogP contribution in [0.3, 0.4) is 0 Å². The van der Waals surface area contributed by atoms with Crippen LogP contribution < -0.4 is 4.90 Å². The molecule has 0 aliphatic carbocycles. The second-order valence-corrected chi connectivity index (χ2v) is 5.61. The molecule has 5 heteroatoms. The maximum absolute atomic E-state index is 13.2. The van der Waals surface area contributed by atoms with E-state index in [1.54, 1.807) is 4.90 Å². The highest BCUT2D eigenvalue weighted by Gasteiger charge is 2.35. The van der Waals surface area contributed by atoms with Crippen molar-refractivity contribution in [2.75, 3.05) is 18.0 Å². The molecule has 2 rings (SSSR count). The first kappa shape index (κ1) is 15.9. The smallest absolute Gasteiger partial charge is 0.371 e. The Morgan fingerprint density at radius 2 is 1.95 bits per heavy atom. The Morgan fingerprint density at radius 1 is 1.29 bits per heavy atom. The molecule has 0 saturated carbocycles. The Labute approximate surface area is 122 Å². The quantitative estimate of drug-likeness (QED) is 0.761. The van der Waals surface area contributed by atoms with Gasteiger partial charge in [-0.2, -0.15) is 13.2 Å². The number of benzene rings is 1. The Bertz CT molecular complexity index is 491. The van der Waals surface area contributed by atoms with Gasteiger partial charge in [0.1, 0.15) is 6.29 Å². The predicted octanol–water partition coefficient (Wildman–Crippen LogP) is 4.53. The molecule has 0 atom stereocenters. The Balaban J connectivity index is 2.22. The minimum atomic E-state index is -4.44. The largest absolute Gasteiger partial charge is 0.418 e. The van der Waals surface area contributed by atoms with Crippen molar-refractivity contribution in [1.29, 1.82) is 0 Å². The first-order valence-electron chi connectivity index (χ1n) is 7.37. The minimum absolute atomic E-state index is 0.0620. The van der Waals surface area contributed by atoms with Gasteiger partial charge in [-0.05, 0) is 37.0 Å². The number of piperidine rings is 1. The van der Waals surface area contributed by atoms with Gasteiger partial charge in [-0.25, -0.2) is 0 Å². The fourth-order valence-corrected chi connectivity index (χ4v) is 3.00. The number of hydrogen-bond acceptors (Lipinski definition) is 2. The Kier molecular flexibility index (Phi) is 4.91. The summed E-state index contributed by atoms with van der Waals surface area (Å²) >= 11 is 0. The van der Waals surface area contributed by atoms with Gasteiger partial charge in [0.15, 0.2) is 0 Å². The van der Waals surface area contributed by atoms with E-state index in [1.165, 1.54) is 12.1 Å². The molecule has 1 heterocycles. The molecule has 1 aliphatic heterocycles. The highest BCUT2D eigenvalue weighted by molar-refractivity contribution is 5.77. The summed E-state index contributed by atoms with van der Waals surface area (Å²) in [5.41, 5.74) is -0.448. The summed E-state index contributed by atoms with van der Waals surface area (Å²) in [6.07, 6.45) is 0.138. The van der Waals surface area contributed by atoms with Crippen LogP contribution >= 0.6 is 0 Å². The van der Waals surface area contributed by atoms with Crippen LogP contribution in [0.5, 0.6) is 0 Å². The molecule has 0 amide bonds. The van der Waals surface area contributed by atoms with Crippen LogP contribution in [0.25, 0.3) is 0 Å². The second kappa shape index (κ2) is 6.50. The van der Waals surface area contributed by atoms with Gasteiger partial charge >= 0.3 is 6.18 Å². The SMILES string of the molecule is CCCC1CCN(c2ccc(C=O)cc2C(F)(F)F)CC1. The molecule has 1 aromatic rings. The third kappa shape index (κ3) is 3.77. The first-order chi connectivity index (χ1) is 9.95. The molecule has 1 saturated heterocycles. The lowest BCUT2D eigenvalue weighted by Crippen LogP contribution is -2.35. The van der Waals surface area contributed by atoms with Crippen LogP contribution in [0.4, 0.5) is 18.9 Å². The van der Waals surface area contributed by atoms with Gasteiger partial charge in [0.25, 0.3) is 0 Å². The van der Waals surface area contributed by atoms with E-state index in [0.717, 1.165) is 31.7 Å². The maximum Gasteiger partial charge on any atom is 0.418 e. The lowest BCUT2D eigenvalue weighted by atomic mass is 9.92. The first-order valence-corrected chi connectivity index (χ1v) is 7.37. The summed E-state index contributed by atoms with van der Waals surface area (Å²) in [6.45, 7) is 3.43. The number of nitrogens with zero attached hydrogens (tertiary/aromatic N) is 1. The van der Waals surface area contributed by atoms with Crippen LogP contribution in [0.1, 0.15) is 48.5 Å². The molecule has 0 spiro atoms. The maximum atomic E-state index is 13.2. The van der Waals surface area contributed by atoms with Crippen LogP contribution in [0.15, 0.2) is 18.2 Å². The van der Waals surface area contributed by atoms with Crippen molar-refractivity contribution in [2.24, 2.45) is 5.92 Å². The molecule has 0 aromatic heterocycles. The standard InChI is InChI=1S/C16H20F3NO/c1-2-3-12-6-8-20(9-7-12)15-5-4-13(11-21)10-14(15)16(17,18)19/h4-5,10-12H,2-3,6-9H2,1H3. The average molecular weight is 299 g/mol. The number of hydrogen-bond donors (Lipinski definition) is 0. The van der Waals surface area contributed by atoms with E-state index in [1.807, 2.05) is 0 Å². The van der Waals surface area contributed by atoms with Crippen LogP contribution in [0, 0.1) is 5.92 Å². The number of rotatable bonds is 4. The van der Waals surface area contributed by atoms with E-state index in [0.29, 0.717) is 25.3 Å². The van der Waals surface area contributed by atoms with Crippen molar-refractivity contribution in [2.45, 2.75) is 38.8 Å². The summed E-state index contributed by atoms with van der Waals surface area (Å²) < 4.78 is 39.5. The normalized spacial score (nSPS) is 17.0. The van der Waals surface area contributed by atoms with Crippen LogP contribution in [-0.4, -0.2) is 19.4 Å². The van der Waals surface area contributed by atoms with Gasteiger partial charge in [0.2, 0.25) is 0 Å². The molecule has 0 N–H and O–H groups in total. The van der Waals surface area contributed by atoms with Gasteiger partial charge in [0, 0.05) is 24.3 Å². The Hall–Kier alpha value is -1.52. The average Bonchev–Trinajstić information content (AvgIpc) is 2.47. The molecular weight excluding hydrogens is 279 g/mol. The van der Waals surface area contributed by atoms with E-state index in [-0.39, 0.29) is 11.3 Å². The van der Waals surface area contributed by atoms with E-state index < -0.39 is 11.7 Å². The number of carbonyl (C=O) groups is 1. The third-order valence-corrected chi connectivity index (χ3v) is 4.11. The molecule has 1 fully saturated rings. The molecule has 0 radical (unpaired) electrons. The van der Waals surface area contributed by atoms with Crippen molar-refractivity contribution >= 4 is 12.0 Å². The van der Waals surface area contributed by atoms with Crippen molar-refractivity contribution in [1.82, 2.24) is 0 Å². The molecule has 0 bridgehead atoms. The molecular formula is C16H20F3NO. The summed E-state index contributed by atoms with van der Waals surface area (Å²) in [5, 5.41) is 0. The number of carbonyl (C=O) groups excluding carboxylic acids is 1. The fourth-order valence-electron chi connectivity index (χ4n) is 3.00. The predicted molar refractivity (Wildman–Crippen MR) is 76.7 cm³/mol. The van der Waals surface area contributed by atoms with Crippen LogP contribution in [-0.2, 0) is 6.18 Å². The van der Waals surface area contributed by atoms with E-state index in [4.69, 9.17) is 0 Å². The highest BCUT2D eigenvalue weighted by Crippen LogP contribution is 2.38. The van der Waals surface area contributed by atoms with Crippen molar-refractivity contribution in [3.63, 3.8) is 0 Å². The zero-order valence-electron chi connectivity index (χ0n) is 12.1. The second-order valence-electron chi connectivity index (χ2n) is 5.61. The molecule has 1 aliphatic rings. The zero-order chi connectivity index (χ0) is 15.5. The number of alkyl halides is 3. The van der Waals surface area contributed by atoms with E-state index in [2.05, 4.69) is 6.92 Å². The Morgan fingerprint density at radius 3 is 2.48 bits per heavy atom. The molecule has 2 nitrogen and oxygen atoms in total. The number of aldehydes is 1.